The third-order valence-corrected chi connectivity index (χ3v) is 15.8. The van der Waals surface area contributed by atoms with Crippen molar-refractivity contribution in [2.45, 2.75) is 0 Å². The van der Waals surface area contributed by atoms with Crippen molar-refractivity contribution >= 4 is 93.4 Å². The summed E-state index contributed by atoms with van der Waals surface area (Å²) >= 11 is 1.58. The molecule has 4 aromatic carbocycles. The molecule has 2 N–H and O–H groups in total. The molecule has 0 spiro atoms. The van der Waals surface area contributed by atoms with Gasteiger partial charge in [-0.1, -0.05) is 0 Å². The van der Waals surface area contributed by atoms with E-state index in [-0.39, 0.29) is 0 Å². The second-order valence-electron chi connectivity index (χ2n) is 8.85. The van der Waals surface area contributed by atoms with Gasteiger partial charge in [0.05, 0.1) is 0 Å². The minimum atomic E-state index is -5.08. The number of rotatable bonds is 10. The van der Waals surface area contributed by atoms with Crippen LogP contribution in [0.1, 0.15) is 0 Å². The second kappa shape index (κ2) is 15.5. The quantitative estimate of drug-likeness (QED) is 0.168. The number of hydrogen-bond donors (Lipinski definition) is 2. The summed E-state index contributed by atoms with van der Waals surface area (Å²) in [6, 6.07) is 31.3. The van der Waals surface area contributed by atoms with Gasteiger partial charge in [0.1, 0.15) is 0 Å². The van der Waals surface area contributed by atoms with Gasteiger partial charge < -0.3 is 0 Å². The molecule has 0 saturated carbocycles. The van der Waals surface area contributed by atoms with E-state index in [1.165, 1.54) is 0 Å². The molecule has 0 radical (unpaired) electrons. The minimum absolute atomic E-state index is 0.533. The van der Waals surface area contributed by atoms with Crippen LogP contribution in [-0.2, 0) is 25.3 Å². The molecule has 4 aromatic rings. The van der Waals surface area contributed by atoms with Gasteiger partial charge in [0.25, 0.3) is 0 Å². The number of halogens is 2. The topological polar surface area (TPSA) is 111 Å². The van der Waals surface area contributed by atoms with E-state index >= 15 is 0 Å². The maximum absolute atomic E-state index is 13.2. The summed E-state index contributed by atoms with van der Waals surface area (Å²) in [5, 5.41) is 5.32. The fraction of sp³-hybridized carbons (Fsp3) is 0. The first kappa shape index (κ1) is 31.9. The fourth-order valence-corrected chi connectivity index (χ4v) is 12.4. The molecule has 0 saturated heterocycles. The summed E-state index contributed by atoms with van der Waals surface area (Å²) in [6.45, 7) is 0. The summed E-state index contributed by atoms with van der Waals surface area (Å²) < 4.78 is 14.8. The van der Waals surface area contributed by atoms with Crippen LogP contribution in [0.5, 0.6) is 0 Å². The van der Waals surface area contributed by atoms with E-state index in [2.05, 4.69) is 42.5 Å². The molecule has 0 fully saturated rings. The van der Waals surface area contributed by atoms with E-state index in [1.807, 2.05) is 0 Å². The van der Waals surface area contributed by atoms with Crippen molar-refractivity contribution in [1.82, 2.24) is 0 Å². The van der Waals surface area contributed by atoms with E-state index in [4.69, 9.17) is 6.15 Å². The molecule has 4 rings (SSSR count). The van der Waals surface area contributed by atoms with Crippen molar-refractivity contribution < 1.29 is 25.3 Å². The van der Waals surface area contributed by atoms with Gasteiger partial charge in [-0.2, -0.15) is 0 Å². The Kier molecular flexibility index (Phi) is 11.5. The Hall–Kier alpha value is -4.00. The Bertz CT molecular complexity index is 1520. The van der Waals surface area contributed by atoms with Gasteiger partial charge in [-0.25, -0.2) is 0 Å². The molecule has 0 unspecified atom stereocenters. The van der Waals surface area contributed by atoms with E-state index < -0.39 is 43.0 Å². The van der Waals surface area contributed by atoms with Crippen LogP contribution < -0.4 is 17.8 Å². The molecule has 0 bridgehead atoms. The van der Waals surface area contributed by atoms with Gasteiger partial charge in [-0.05, 0) is 0 Å². The number of anilines is 2. The summed E-state index contributed by atoms with van der Waals surface area (Å²) in [5.41, 5.74) is 1.08. The normalized spacial score (nSPS) is 11.2. The van der Waals surface area contributed by atoms with Crippen LogP contribution in [0.3, 0.4) is 0 Å². The summed E-state index contributed by atoms with van der Waals surface area (Å²) in [6.07, 6.45) is 4.07. The van der Waals surface area contributed by atoms with Gasteiger partial charge in [0.2, 0.25) is 0 Å². The van der Waals surface area contributed by atoms with Gasteiger partial charge >= 0.3 is 272 Å². The summed E-state index contributed by atoms with van der Waals surface area (Å²) in [4.78, 5) is 51.2. The van der Waals surface area contributed by atoms with Crippen molar-refractivity contribution in [2.75, 3.05) is 10.6 Å². The van der Waals surface area contributed by atoms with Crippen LogP contribution in [0.25, 0.3) is 0 Å². The summed E-state index contributed by atoms with van der Waals surface area (Å²) in [7, 11) is 0. The Balaban J connectivity index is 1.57. The Morgan fingerprint density at radius 2 is 0.860 bits per heavy atom. The number of benzene rings is 4. The van der Waals surface area contributed by atoms with E-state index in [0.717, 1.165) is 33.2 Å². The predicted octanol–water partition coefficient (Wildman–Crippen LogP) is 5.24. The standard InChI is InChI=1S/2C10H8BrNO3.2C6H5.Sn/c2*11-7-1-3-8(4-2-7)12-9(13)5-6-10(14)15;2*1-2-4-6-5-3-1;/h2*1-6H,(H,12,13)(H,14,15);2*1-5H;/q;;;;+2/p-2/b2*6-5+;;;. The van der Waals surface area contributed by atoms with Crippen LogP contribution in [0.15, 0.2) is 142 Å². The molecule has 43 heavy (non-hydrogen) atoms. The monoisotopic (exact) mass is 810 g/mol. The Morgan fingerprint density at radius 1 is 0.512 bits per heavy atom. The molecule has 0 aliphatic heterocycles. The first-order valence-corrected chi connectivity index (χ1v) is 19.6. The van der Waals surface area contributed by atoms with Crippen LogP contribution in [-0.4, -0.2) is 43.0 Å². The SMILES string of the molecule is O=C(/C=C/C(=O)[O][Sn]([O]C(=O)/C=C/C(=O)Nc1ccc(Br)cc1)([c]1ccccc1)[c]1ccccc1)Nc1ccc(Br)cc1. The van der Waals surface area contributed by atoms with Crippen molar-refractivity contribution in [3.05, 3.63) is 142 Å². The average Bonchev–Trinajstić information content (AvgIpc) is 3.02. The molecular formula is C32H24Br2N2O6Sn. The zero-order valence-corrected chi connectivity index (χ0v) is 28.4. The first-order valence-electron chi connectivity index (χ1n) is 12.8. The average molecular weight is 811 g/mol. The summed E-state index contributed by atoms with van der Waals surface area (Å²) in [5.74, 6) is -2.81. The number of carbonyl (C=O) groups is 4. The molecule has 0 aromatic heterocycles. The molecule has 11 heteroatoms. The van der Waals surface area contributed by atoms with E-state index in [1.54, 1.807) is 109 Å². The van der Waals surface area contributed by atoms with Crippen molar-refractivity contribution in [3.8, 4) is 0 Å². The van der Waals surface area contributed by atoms with Gasteiger partial charge in [0, 0.05) is 0 Å². The number of hydrogen-bond acceptors (Lipinski definition) is 6. The number of nitrogens with one attached hydrogen (secondary N) is 2. The fourth-order valence-electron chi connectivity index (χ4n) is 3.81. The Morgan fingerprint density at radius 3 is 1.21 bits per heavy atom. The molecule has 0 heterocycles. The third kappa shape index (κ3) is 9.50. The van der Waals surface area contributed by atoms with Crippen LogP contribution in [0.2, 0.25) is 0 Å². The molecule has 8 nitrogen and oxygen atoms in total. The molecule has 0 aliphatic carbocycles. The molecule has 216 valence electrons. The third-order valence-electron chi connectivity index (χ3n) is 5.76. The Labute approximate surface area is 270 Å². The number of carbonyl (C=O) groups excluding carboxylic acids is 4. The predicted molar refractivity (Wildman–Crippen MR) is 174 cm³/mol. The van der Waals surface area contributed by atoms with Crippen molar-refractivity contribution in [1.29, 1.82) is 0 Å². The van der Waals surface area contributed by atoms with Crippen LogP contribution >= 0.6 is 31.9 Å². The molecule has 0 aliphatic rings. The molecular weight excluding hydrogens is 787 g/mol. The van der Waals surface area contributed by atoms with Crippen molar-refractivity contribution in [3.63, 3.8) is 0 Å². The van der Waals surface area contributed by atoms with Crippen molar-refractivity contribution in [2.24, 2.45) is 0 Å². The van der Waals surface area contributed by atoms with Crippen LogP contribution in [0, 0.1) is 0 Å². The number of amides is 2. The first-order chi connectivity index (χ1) is 20.7. The van der Waals surface area contributed by atoms with E-state index in [9.17, 15) is 19.2 Å². The van der Waals surface area contributed by atoms with Gasteiger partial charge in [-0.3, -0.25) is 0 Å². The second-order valence-corrected chi connectivity index (χ2v) is 18.7. The zero-order valence-electron chi connectivity index (χ0n) is 22.4. The molecule has 2 amide bonds. The molecule has 0 atom stereocenters. The van der Waals surface area contributed by atoms with Gasteiger partial charge in [-0.15, -0.1) is 0 Å². The van der Waals surface area contributed by atoms with Crippen LogP contribution in [0.4, 0.5) is 11.4 Å². The van der Waals surface area contributed by atoms with E-state index in [0.29, 0.717) is 18.5 Å². The van der Waals surface area contributed by atoms with Gasteiger partial charge in [0.15, 0.2) is 0 Å². The maximum atomic E-state index is 13.2. The zero-order chi connectivity index (χ0) is 30.7.